The number of aryl methyl sites for hydroxylation is 2. The van der Waals surface area contributed by atoms with Gasteiger partial charge in [0.2, 0.25) is 0 Å². The van der Waals surface area contributed by atoms with Gasteiger partial charge in [0.15, 0.2) is 5.78 Å². The molecule has 0 radical (unpaired) electrons. The number of hydrogen-bond acceptors (Lipinski definition) is 3. The highest BCUT2D eigenvalue weighted by Gasteiger charge is 2.38. The summed E-state index contributed by atoms with van der Waals surface area (Å²) in [4.78, 5) is 13.1. The molecule has 0 N–H and O–H groups in total. The average Bonchev–Trinajstić information content (AvgIpc) is 3.20. The lowest BCUT2D eigenvalue weighted by Crippen LogP contribution is -2.01. The number of ketones is 1. The highest BCUT2D eigenvalue weighted by atomic mass is 16.1. The smallest absolute Gasteiger partial charge is 0.194 e. The standard InChI is InChI=1S/C25H12N2O/c26-11-15(12-27)20-16-5-1-3-13-7-8-14-4-2-6-18-22(14)24-19(25(18)28)10-9-17(20)23(24)21(13)16/h1-6,9-10H,7-8H2. The van der Waals surface area contributed by atoms with E-state index in [-0.39, 0.29) is 11.4 Å². The van der Waals surface area contributed by atoms with Crippen molar-refractivity contribution in [1.82, 2.24) is 0 Å². The first-order valence-corrected chi connectivity index (χ1v) is 9.26. The summed E-state index contributed by atoms with van der Waals surface area (Å²) in [5.41, 5.74) is 10.6. The van der Waals surface area contributed by atoms with Gasteiger partial charge >= 0.3 is 0 Å². The molecule has 128 valence electrons. The molecule has 0 saturated carbocycles. The quantitative estimate of drug-likeness (QED) is 0.373. The highest BCUT2D eigenvalue weighted by Crippen LogP contribution is 2.56. The fourth-order valence-corrected chi connectivity index (χ4v) is 5.09. The molecule has 0 spiro atoms. The van der Waals surface area contributed by atoms with Gasteiger partial charge in [-0.25, -0.2) is 0 Å². The molecule has 0 bridgehead atoms. The third-order valence-electron chi connectivity index (χ3n) is 6.17. The third-order valence-corrected chi connectivity index (χ3v) is 6.17. The zero-order valence-electron chi connectivity index (χ0n) is 14.8. The number of hydrogen-bond donors (Lipinski definition) is 0. The second-order valence-electron chi connectivity index (χ2n) is 7.39. The van der Waals surface area contributed by atoms with Gasteiger partial charge in [0.25, 0.3) is 0 Å². The number of carbonyl (C=O) groups excluding carboxylic acids is 1. The van der Waals surface area contributed by atoms with E-state index in [4.69, 9.17) is 0 Å². The van der Waals surface area contributed by atoms with Crippen molar-refractivity contribution < 1.29 is 4.79 Å². The van der Waals surface area contributed by atoms with Crippen LogP contribution in [0.15, 0.2) is 54.1 Å². The van der Waals surface area contributed by atoms with Crippen molar-refractivity contribution in [1.29, 1.82) is 10.5 Å². The van der Waals surface area contributed by atoms with Crippen LogP contribution in [-0.2, 0) is 12.8 Å². The predicted octanol–water partition coefficient (Wildman–Crippen LogP) is 4.83. The Bertz CT molecular complexity index is 1380. The Morgan fingerprint density at radius 3 is 1.86 bits per heavy atom. The van der Waals surface area contributed by atoms with Crippen molar-refractivity contribution in [3.05, 3.63) is 87.5 Å². The van der Waals surface area contributed by atoms with Crippen LogP contribution in [0.2, 0.25) is 0 Å². The maximum Gasteiger partial charge on any atom is 0.194 e. The van der Waals surface area contributed by atoms with Gasteiger partial charge in [-0.1, -0.05) is 42.5 Å². The Labute approximate surface area is 161 Å². The van der Waals surface area contributed by atoms with E-state index in [9.17, 15) is 15.3 Å². The molecule has 6 rings (SSSR count). The van der Waals surface area contributed by atoms with E-state index in [2.05, 4.69) is 24.3 Å². The van der Waals surface area contributed by atoms with E-state index in [0.717, 1.165) is 57.3 Å². The van der Waals surface area contributed by atoms with E-state index >= 15 is 0 Å². The van der Waals surface area contributed by atoms with E-state index in [1.165, 1.54) is 11.1 Å². The van der Waals surface area contributed by atoms with E-state index < -0.39 is 0 Å². The number of allylic oxidation sites excluding steroid dienone is 1. The number of carbonyl (C=O) groups is 1. The zero-order chi connectivity index (χ0) is 19.0. The van der Waals surface area contributed by atoms with Gasteiger partial charge in [-0.2, -0.15) is 10.5 Å². The SMILES string of the molecule is N#CC(C#N)=C1c2cccc3c2-c2c1ccc1c2-c2c(cccc2C1=O)CC3. The van der Waals surface area contributed by atoms with E-state index in [1.54, 1.807) is 0 Å². The van der Waals surface area contributed by atoms with Crippen LogP contribution in [0, 0.1) is 22.7 Å². The van der Waals surface area contributed by atoms with E-state index in [1.807, 2.05) is 36.4 Å². The normalized spacial score (nSPS) is 14.1. The van der Waals surface area contributed by atoms with E-state index in [0.29, 0.717) is 5.57 Å². The summed E-state index contributed by atoms with van der Waals surface area (Å²) in [7, 11) is 0. The molecule has 0 aliphatic heterocycles. The summed E-state index contributed by atoms with van der Waals surface area (Å²) < 4.78 is 0. The first-order valence-electron chi connectivity index (χ1n) is 9.26. The van der Waals surface area contributed by atoms with Crippen molar-refractivity contribution in [3.63, 3.8) is 0 Å². The van der Waals surface area contributed by atoms with Crippen LogP contribution < -0.4 is 0 Å². The van der Waals surface area contributed by atoms with Crippen LogP contribution in [0.25, 0.3) is 27.8 Å². The molecular weight excluding hydrogens is 344 g/mol. The van der Waals surface area contributed by atoms with Gasteiger partial charge < -0.3 is 0 Å². The molecule has 3 aromatic carbocycles. The largest absolute Gasteiger partial charge is 0.289 e. The van der Waals surface area contributed by atoms with Crippen LogP contribution in [0.1, 0.15) is 38.2 Å². The summed E-state index contributed by atoms with van der Waals surface area (Å²) >= 11 is 0. The molecule has 0 unspecified atom stereocenters. The summed E-state index contributed by atoms with van der Waals surface area (Å²) in [5.74, 6) is 0.0637. The second kappa shape index (κ2) is 5.06. The van der Waals surface area contributed by atoms with Gasteiger partial charge in [0.05, 0.1) is 0 Å². The summed E-state index contributed by atoms with van der Waals surface area (Å²) in [5, 5.41) is 19.2. The minimum atomic E-state index is 0.0637. The average molecular weight is 356 g/mol. The van der Waals surface area contributed by atoms with Gasteiger partial charge in [0, 0.05) is 22.3 Å². The van der Waals surface area contributed by atoms with Crippen molar-refractivity contribution in [2.45, 2.75) is 12.8 Å². The van der Waals surface area contributed by atoms with Crippen LogP contribution in [0.5, 0.6) is 0 Å². The van der Waals surface area contributed by atoms with Gasteiger partial charge in [-0.05, 0) is 57.9 Å². The van der Waals surface area contributed by atoms with Crippen LogP contribution in [0.3, 0.4) is 0 Å². The molecule has 3 heteroatoms. The van der Waals surface area contributed by atoms with Gasteiger partial charge in [0.1, 0.15) is 17.7 Å². The van der Waals surface area contributed by atoms with Crippen molar-refractivity contribution in [2.24, 2.45) is 0 Å². The fourth-order valence-electron chi connectivity index (χ4n) is 5.09. The Morgan fingerprint density at radius 1 is 0.679 bits per heavy atom. The van der Waals surface area contributed by atoms with Crippen molar-refractivity contribution >= 4 is 11.4 Å². The third kappa shape index (κ3) is 1.60. The number of rotatable bonds is 0. The highest BCUT2D eigenvalue weighted by molar-refractivity contribution is 6.26. The molecule has 3 aromatic rings. The molecular formula is C25H12N2O. The lowest BCUT2D eigenvalue weighted by Gasteiger charge is -2.18. The summed E-state index contributed by atoms with van der Waals surface area (Å²) in [6.45, 7) is 0. The predicted molar refractivity (Wildman–Crippen MR) is 105 cm³/mol. The molecule has 3 aliphatic carbocycles. The first kappa shape index (κ1) is 15.1. The van der Waals surface area contributed by atoms with Gasteiger partial charge in [-0.15, -0.1) is 0 Å². The number of nitrogens with zero attached hydrogens (tertiary/aromatic N) is 2. The lowest BCUT2D eigenvalue weighted by molar-refractivity contribution is 0.104. The molecule has 0 saturated heterocycles. The topological polar surface area (TPSA) is 64.7 Å². The number of benzene rings is 3. The molecule has 3 nitrogen and oxygen atoms in total. The molecule has 0 aromatic heterocycles. The molecule has 28 heavy (non-hydrogen) atoms. The molecule has 0 fully saturated rings. The Hall–Kier alpha value is -3.95. The Kier molecular flexibility index (Phi) is 2.74. The zero-order valence-corrected chi connectivity index (χ0v) is 14.8. The maximum absolute atomic E-state index is 13.1. The lowest BCUT2D eigenvalue weighted by atomic mass is 9.84. The summed E-state index contributed by atoms with van der Waals surface area (Å²) in [6, 6.07) is 20.0. The minimum Gasteiger partial charge on any atom is -0.289 e. The minimum absolute atomic E-state index is 0.0637. The van der Waals surface area contributed by atoms with Crippen LogP contribution in [-0.4, -0.2) is 5.78 Å². The molecule has 0 heterocycles. The molecule has 0 amide bonds. The summed E-state index contributed by atoms with van der Waals surface area (Å²) in [6.07, 6.45) is 1.72. The van der Waals surface area contributed by atoms with Crippen molar-refractivity contribution in [3.8, 4) is 34.4 Å². The molecule has 0 atom stereocenters. The second-order valence-corrected chi connectivity index (χ2v) is 7.39. The number of nitriles is 2. The van der Waals surface area contributed by atoms with Gasteiger partial charge in [-0.3, -0.25) is 4.79 Å². The fraction of sp³-hybridized carbons (Fsp3) is 0.0800. The monoisotopic (exact) mass is 356 g/mol. The first-order chi connectivity index (χ1) is 13.7. The van der Waals surface area contributed by atoms with Crippen molar-refractivity contribution in [2.75, 3.05) is 0 Å². The Morgan fingerprint density at radius 2 is 1.18 bits per heavy atom. The maximum atomic E-state index is 13.1. The van der Waals surface area contributed by atoms with Crippen LogP contribution in [0.4, 0.5) is 0 Å². The Balaban J connectivity index is 1.89. The van der Waals surface area contributed by atoms with Crippen LogP contribution >= 0.6 is 0 Å². The molecule has 3 aliphatic rings.